The molecular formula is C24H39NO5P+. The highest BCUT2D eigenvalue weighted by atomic mass is 31.1. The first-order chi connectivity index (χ1) is 14.6. The van der Waals surface area contributed by atoms with E-state index >= 15 is 0 Å². The van der Waals surface area contributed by atoms with Gasteiger partial charge in [-0.25, -0.2) is 4.79 Å². The molecule has 0 saturated heterocycles. The van der Waals surface area contributed by atoms with E-state index in [9.17, 15) is 14.3 Å². The highest BCUT2D eigenvalue weighted by Gasteiger charge is 2.59. The van der Waals surface area contributed by atoms with Gasteiger partial charge < -0.3 is 14.8 Å². The lowest BCUT2D eigenvalue weighted by Crippen LogP contribution is -2.47. The molecule has 1 aromatic carbocycles. The monoisotopic (exact) mass is 452 g/mol. The lowest BCUT2D eigenvalue weighted by atomic mass is 9.73. The molecule has 2 rings (SSSR count). The Kier molecular flexibility index (Phi) is 9.32. The zero-order chi connectivity index (χ0) is 23.1. The predicted octanol–water partition coefficient (Wildman–Crippen LogP) is 5.84. The van der Waals surface area contributed by atoms with Gasteiger partial charge in [0.25, 0.3) is 0 Å². The maximum absolute atomic E-state index is 12.3. The molecule has 2 N–H and O–H groups in total. The second kappa shape index (κ2) is 11.3. The third-order valence-electron chi connectivity index (χ3n) is 6.55. The van der Waals surface area contributed by atoms with Crippen LogP contribution in [0.4, 0.5) is 4.79 Å². The molecule has 1 aliphatic carbocycles. The van der Waals surface area contributed by atoms with Gasteiger partial charge in [-0.05, 0) is 61.8 Å². The fourth-order valence-electron chi connectivity index (χ4n) is 4.51. The smallest absolute Gasteiger partial charge is 0.488 e. The standard InChI is InChI=1S/C24H38NO5P/c1-6-7-15-29-22(26)25-23(4,5)16-20-11-13-21(14-12-20)30-17-24(31(27)28)18(2)9-8-10-19(24)3/h11-14,18-19H,6-10,15-17H2,1-5H3,(H-,25,26,27,28)/p+1. The van der Waals surface area contributed by atoms with E-state index in [2.05, 4.69) is 26.1 Å². The molecule has 174 valence electrons. The van der Waals surface area contributed by atoms with Crippen LogP contribution in [-0.2, 0) is 15.7 Å². The van der Waals surface area contributed by atoms with E-state index in [1.165, 1.54) is 0 Å². The van der Waals surface area contributed by atoms with Crippen LogP contribution in [0.5, 0.6) is 5.75 Å². The first kappa shape index (κ1) is 25.6. The molecule has 0 bridgehead atoms. The molecule has 0 heterocycles. The molecule has 1 amide bonds. The summed E-state index contributed by atoms with van der Waals surface area (Å²) in [5.41, 5.74) is 0.617. The fraction of sp³-hybridized carbons (Fsp3) is 0.708. The van der Waals surface area contributed by atoms with Crippen LogP contribution < -0.4 is 10.1 Å². The van der Waals surface area contributed by atoms with Gasteiger partial charge in [0.15, 0.2) is 0 Å². The van der Waals surface area contributed by atoms with Crippen molar-refractivity contribution in [2.75, 3.05) is 13.2 Å². The fourth-order valence-corrected chi connectivity index (χ4v) is 5.70. The Hall–Kier alpha value is -1.65. The van der Waals surface area contributed by atoms with E-state index in [0.717, 1.165) is 37.7 Å². The van der Waals surface area contributed by atoms with Gasteiger partial charge in [0.2, 0.25) is 5.16 Å². The van der Waals surface area contributed by atoms with Crippen LogP contribution in [0.2, 0.25) is 0 Å². The van der Waals surface area contributed by atoms with Gasteiger partial charge in [-0.2, -0.15) is 4.89 Å². The van der Waals surface area contributed by atoms with E-state index in [0.29, 0.717) is 18.8 Å². The number of benzene rings is 1. The van der Waals surface area contributed by atoms with Crippen molar-refractivity contribution >= 4 is 14.1 Å². The molecule has 1 aromatic rings. The number of rotatable bonds is 10. The summed E-state index contributed by atoms with van der Waals surface area (Å²) in [6, 6.07) is 7.73. The molecule has 0 radical (unpaired) electrons. The van der Waals surface area contributed by atoms with Gasteiger partial charge in [-0.15, -0.1) is 0 Å². The van der Waals surface area contributed by atoms with Crippen molar-refractivity contribution in [3.8, 4) is 5.75 Å². The summed E-state index contributed by atoms with van der Waals surface area (Å²) < 4.78 is 23.5. The highest BCUT2D eigenvalue weighted by molar-refractivity contribution is 7.40. The maximum Gasteiger partial charge on any atom is 0.516 e. The summed E-state index contributed by atoms with van der Waals surface area (Å²) in [5.74, 6) is 0.982. The topological polar surface area (TPSA) is 84.9 Å². The molecule has 0 aliphatic heterocycles. The number of nitrogens with one attached hydrogen (secondary N) is 1. The first-order valence-corrected chi connectivity index (χ1v) is 12.6. The van der Waals surface area contributed by atoms with Gasteiger partial charge in [0.05, 0.1) is 6.61 Å². The molecule has 1 aliphatic rings. The molecule has 3 unspecified atom stereocenters. The molecule has 31 heavy (non-hydrogen) atoms. The van der Waals surface area contributed by atoms with Gasteiger partial charge in [-0.1, -0.05) is 45.7 Å². The van der Waals surface area contributed by atoms with Crippen LogP contribution in [0.15, 0.2) is 24.3 Å². The lowest BCUT2D eigenvalue weighted by Gasteiger charge is -2.37. The number of hydrogen-bond acceptors (Lipinski definition) is 4. The van der Waals surface area contributed by atoms with E-state index < -0.39 is 24.8 Å². The minimum atomic E-state index is -2.34. The van der Waals surface area contributed by atoms with Crippen LogP contribution in [0.3, 0.4) is 0 Å². The van der Waals surface area contributed by atoms with Crippen molar-refractivity contribution in [2.24, 2.45) is 11.8 Å². The summed E-state index contributed by atoms with van der Waals surface area (Å²) in [6.45, 7) is 10.8. The lowest BCUT2D eigenvalue weighted by molar-refractivity contribution is 0.125. The maximum atomic E-state index is 12.3. The van der Waals surface area contributed by atoms with Crippen LogP contribution in [0.25, 0.3) is 0 Å². The Bertz CT molecular complexity index is 724. The van der Waals surface area contributed by atoms with E-state index in [1.807, 2.05) is 38.1 Å². The minimum Gasteiger partial charge on any atom is -0.488 e. The third kappa shape index (κ3) is 6.92. The number of hydrogen-bond donors (Lipinski definition) is 2. The van der Waals surface area contributed by atoms with E-state index in [4.69, 9.17) is 9.47 Å². The normalized spacial score (nSPS) is 24.4. The van der Waals surface area contributed by atoms with Crippen molar-refractivity contribution in [2.45, 2.75) is 83.8 Å². The molecule has 0 aromatic heterocycles. The number of alkyl carbamates (subject to hydrolysis) is 1. The Labute approximate surface area is 188 Å². The summed E-state index contributed by atoms with van der Waals surface area (Å²) >= 11 is 0. The predicted molar refractivity (Wildman–Crippen MR) is 124 cm³/mol. The SMILES string of the molecule is CCCCOC(=O)NC(C)(C)Cc1ccc(OCC2([P+](=O)O)C(C)CCCC2C)cc1. The molecule has 1 saturated carbocycles. The van der Waals surface area contributed by atoms with Crippen molar-refractivity contribution in [3.05, 3.63) is 29.8 Å². The second-order valence-corrected chi connectivity index (χ2v) is 11.0. The molecule has 6 nitrogen and oxygen atoms in total. The zero-order valence-corrected chi connectivity index (χ0v) is 20.5. The summed E-state index contributed by atoms with van der Waals surface area (Å²) in [4.78, 5) is 22.1. The van der Waals surface area contributed by atoms with Crippen LogP contribution in [0, 0.1) is 11.8 Å². The number of unbranched alkanes of at least 4 members (excludes halogenated alkanes) is 1. The third-order valence-corrected chi connectivity index (χ3v) is 8.27. The molecule has 3 atom stereocenters. The minimum absolute atomic E-state index is 0.146. The Balaban J connectivity index is 1.95. The van der Waals surface area contributed by atoms with Crippen molar-refractivity contribution < 1.29 is 23.7 Å². The van der Waals surface area contributed by atoms with Gasteiger partial charge in [0, 0.05) is 17.4 Å². The van der Waals surface area contributed by atoms with Crippen molar-refractivity contribution in [1.82, 2.24) is 5.32 Å². The highest BCUT2D eigenvalue weighted by Crippen LogP contribution is 2.53. The van der Waals surface area contributed by atoms with Crippen LogP contribution in [-0.4, -0.2) is 34.9 Å². The Morgan fingerprint density at radius 1 is 1.23 bits per heavy atom. The molecule has 1 fully saturated rings. The van der Waals surface area contributed by atoms with Crippen LogP contribution in [0.1, 0.15) is 72.3 Å². The Morgan fingerprint density at radius 2 is 1.84 bits per heavy atom. The zero-order valence-electron chi connectivity index (χ0n) is 19.6. The first-order valence-electron chi connectivity index (χ1n) is 11.4. The van der Waals surface area contributed by atoms with Crippen molar-refractivity contribution in [1.29, 1.82) is 0 Å². The van der Waals surface area contributed by atoms with Gasteiger partial charge >= 0.3 is 14.1 Å². The van der Waals surface area contributed by atoms with Crippen LogP contribution >= 0.6 is 8.03 Å². The second-order valence-electron chi connectivity index (χ2n) is 9.60. The average molecular weight is 453 g/mol. The van der Waals surface area contributed by atoms with Gasteiger partial charge in [-0.3, -0.25) is 0 Å². The summed E-state index contributed by atoms with van der Waals surface area (Å²) in [7, 11) is -2.34. The van der Waals surface area contributed by atoms with Crippen molar-refractivity contribution in [3.63, 3.8) is 0 Å². The number of ether oxygens (including phenoxy) is 2. The largest absolute Gasteiger partial charge is 0.516 e. The average Bonchev–Trinajstić information content (AvgIpc) is 2.68. The number of carbonyl (C=O) groups is 1. The Morgan fingerprint density at radius 3 is 2.39 bits per heavy atom. The molecule has 0 spiro atoms. The number of amides is 1. The van der Waals surface area contributed by atoms with Gasteiger partial charge in [0.1, 0.15) is 12.4 Å². The van der Waals surface area contributed by atoms with E-state index in [-0.39, 0.29) is 18.4 Å². The number of carbonyl (C=O) groups excluding carboxylic acids is 1. The van der Waals surface area contributed by atoms with E-state index in [1.54, 1.807) is 0 Å². The summed E-state index contributed by atoms with van der Waals surface area (Å²) in [6.07, 6.45) is 5.11. The molecular weight excluding hydrogens is 413 g/mol. The summed E-state index contributed by atoms with van der Waals surface area (Å²) in [5, 5.41) is 2.22. The quantitative estimate of drug-likeness (QED) is 0.344. The molecule has 7 heteroatoms.